The fourth-order valence-corrected chi connectivity index (χ4v) is 2.84. The van der Waals surface area contributed by atoms with E-state index in [1.165, 1.54) is 12.2 Å². The van der Waals surface area contributed by atoms with Gasteiger partial charge in [0.25, 0.3) is 0 Å². The molecule has 7 nitrogen and oxygen atoms in total. The summed E-state index contributed by atoms with van der Waals surface area (Å²) < 4.78 is 26.4. The summed E-state index contributed by atoms with van der Waals surface area (Å²) >= 11 is 0. The number of benzene rings is 1. The number of carbonyl (C=O) groups excluding carboxylic acids is 1. The number of carbonyl (C=O) groups is 1. The van der Waals surface area contributed by atoms with Crippen LogP contribution in [0.4, 0.5) is 0 Å². The minimum Gasteiger partial charge on any atom is -0.780 e. The minimum absolute atomic E-state index is 0. The maximum absolute atomic E-state index is 11.9. The van der Waals surface area contributed by atoms with Gasteiger partial charge in [-0.15, -0.1) is 0 Å². The van der Waals surface area contributed by atoms with Crippen molar-refractivity contribution in [1.29, 1.82) is 0 Å². The molecule has 0 amide bonds. The van der Waals surface area contributed by atoms with Crippen LogP contribution in [0, 0.1) is 0 Å². The number of phosphoric acid groups is 1. The summed E-state index contributed by atoms with van der Waals surface area (Å²) in [7, 11) is -5.27. The molecule has 0 N–H and O–H groups in total. The average Bonchev–Trinajstić information content (AvgIpc) is 2.73. The Kier molecular flexibility index (Phi) is 11.9. The second-order valence-corrected chi connectivity index (χ2v) is 6.69. The maximum Gasteiger partial charge on any atom is 1.00 e. The van der Waals surface area contributed by atoms with E-state index in [0.717, 1.165) is 5.56 Å². The molecule has 2 aliphatic heterocycles. The summed E-state index contributed by atoms with van der Waals surface area (Å²) in [6, 6.07) is 6.95. The van der Waals surface area contributed by atoms with Gasteiger partial charge in [0, 0.05) is 0 Å². The second kappa shape index (κ2) is 12.5. The molecule has 4 rings (SSSR count). The molecule has 0 radical (unpaired) electrons. The fraction of sp³-hybridized carbons (Fsp3) is 0.167. The van der Waals surface area contributed by atoms with E-state index in [2.05, 4.69) is 4.52 Å². The Bertz CT molecular complexity index is 866. The molecule has 1 aliphatic carbocycles. The van der Waals surface area contributed by atoms with Crippen molar-refractivity contribution >= 4 is 19.9 Å². The van der Waals surface area contributed by atoms with Gasteiger partial charge in [-0.05, 0) is 42.3 Å². The number of phosphoric ester groups is 1. The van der Waals surface area contributed by atoms with E-state index in [0.29, 0.717) is 17.7 Å². The molecule has 3 aliphatic rings. The van der Waals surface area contributed by atoms with Gasteiger partial charge in [0.2, 0.25) is 0 Å². The predicted octanol–water partition coefficient (Wildman–Crippen LogP) is -4.02. The van der Waals surface area contributed by atoms with Crippen LogP contribution < -0.4 is 117 Å². The van der Waals surface area contributed by atoms with E-state index < -0.39 is 13.8 Å². The van der Waals surface area contributed by atoms with Gasteiger partial charge in [-0.3, -0.25) is 4.79 Å². The first-order valence-corrected chi connectivity index (χ1v) is 9.27. The van der Waals surface area contributed by atoms with E-state index >= 15 is 0 Å². The van der Waals surface area contributed by atoms with Crippen molar-refractivity contribution in [2.45, 2.75) is 12.8 Å². The van der Waals surface area contributed by atoms with Crippen molar-refractivity contribution in [3.63, 3.8) is 0 Å². The second-order valence-electron chi connectivity index (χ2n) is 5.61. The Morgan fingerprint density at radius 1 is 1.04 bits per heavy atom. The molecule has 0 atom stereocenters. The molecule has 0 aromatic heterocycles. The fourth-order valence-electron chi connectivity index (χ4n) is 2.45. The number of fused-ring (bicyclic) bond motifs is 6. The summed E-state index contributed by atoms with van der Waals surface area (Å²) in [4.78, 5) is 34.0. The zero-order valence-electron chi connectivity index (χ0n) is 15.6. The number of hydrogen-bond donors (Lipinski definition) is 0. The molecule has 0 spiro atoms. The zero-order chi connectivity index (χ0) is 18.6. The number of ether oxygens (including phenoxy) is 2. The van der Waals surface area contributed by atoms with Crippen LogP contribution in [0.25, 0.3) is 6.08 Å². The van der Waals surface area contributed by atoms with E-state index in [1.54, 1.807) is 42.5 Å². The number of allylic oxidation sites excluding steroid dienone is 3. The van der Waals surface area contributed by atoms with Crippen molar-refractivity contribution in [2.24, 2.45) is 0 Å². The van der Waals surface area contributed by atoms with Crippen LogP contribution in [0.1, 0.15) is 18.4 Å². The van der Waals surface area contributed by atoms with Crippen LogP contribution in [-0.4, -0.2) is 12.6 Å². The van der Waals surface area contributed by atoms with Gasteiger partial charge in [-0.1, -0.05) is 29.9 Å². The Labute approximate surface area is 248 Å². The molecule has 0 fully saturated rings. The SMILES string of the molecule is O=C1CC2=CC(=C(OP(=O)([O-])[O-])C=CC2)Oc2ccc(cc2)/C=C\CO1.[K+].[K+]. The molecule has 136 valence electrons. The smallest absolute Gasteiger partial charge is 0.780 e. The topological polar surface area (TPSA) is 108 Å². The molecule has 2 heterocycles. The van der Waals surface area contributed by atoms with Gasteiger partial charge >= 0.3 is 109 Å². The first-order chi connectivity index (χ1) is 12.4. The molecular weight excluding hydrogens is 437 g/mol. The summed E-state index contributed by atoms with van der Waals surface area (Å²) in [6.45, 7) is 0.146. The van der Waals surface area contributed by atoms with E-state index in [-0.39, 0.29) is 127 Å². The monoisotopic (exact) mass is 452 g/mol. The van der Waals surface area contributed by atoms with E-state index in [4.69, 9.17) is 9.47 Å². The summed E-state index contributed by atoms with van der Waals surface area (Å²) in [5, 5.41) is 0. The van der Waals surface area contributed by atoms with E-state index in [1.807, 2.05) is 0 Å². The van der Waals surface area contributed by atoms with Crippen LogP contribution in [0.5, 0.6) is 5.75 Å². The third kappa shape index (κ3) is 8.81. The van der Waals surface area contributed by atoms with Gasteiger partial charge in [-0.2, -0.15) is 0 Å². The van der Waals surface area contributed by atoms with Crippen molar-refractivity contribution in [1.82, 2.24) is 0 Å². The van der Waals surface area contributed by atoms with Crippen LogP contribution in [0.3, 0.4) is 0 Å². The largest absolute Gasteiger partial charge is 1.00 e. The first-order valence-electron chi connectivity index (χ1n) is 7.81. The summed E-state index contributed by atoms with van der Waals surface area (Å²) in [6.07, 6.45) is 8.30. The summed E-state index contributed by atoms with van der Waals surface area (Å²) in [5.74, 6) is -0.218. The first kappa shape index (κ1) is 26.7. The Morgan fingerprint density at radius 2 is 1.75 bits per heavy atom. The third-order valence-electron chi connectivity index (χ3n) is 3.57. The van der Waals surface area contributed by atoms with Gasteiger partial charge in [0.1, 0.15) is 20.2 Å². The Balaban J connectivity index is 0.00000196. The van der Waals surface area contributed by atoms with Crippen molar-refractivity contribution in [3.05, 3.63) is 71.2 Å². The standard InChI is InChI=1S/C18H17O7P.2K/c19-18-12-14-3-1-5-16(25-26(20,21)22)17(11-14)24-15-8-6-13(7-9-15)4-2-10-23-18;;/h1-2,4-9,11H,3,10,12H2,(H2,20,21,22);;/q;2*+1/p-2/b4-2-;;. The maximum atomic E-state index is 11.9. The molecule has 4 bridgehead atoms. The Hall–Kier alpha value is 0.673. The van der Waals surface area contributed by atoms with Crippen LogP contribution in [-0.2, 0) is 18.6 Å². The van der Waals surface area contributed by atoms with Gasteiger partial charge < -0.3 is 28.3 Å². The molecule has 1 aromatic rings. The number of hydrogen-bond acceptors (Lipinski definition) is 7. The number of rotatable bonds is 2. The quantitative estimate of drug-likeness (QED) is 0.256. The molecule has 10 heteroatoms. The molecule has 0 saturated carbocycles. The van der Waals surface area contributed by atoms with E-state index in [9.17, 15) is 19.1 Å². The zero-order valence-corrected chi connectivity index (χ0v) is 22.8. The molecule has 0 unspecified atom stereocenters. The van der Waals surface area contributed by atoms with Gasteiger partial charge in [0.15, 0.2) is 11.5 Å². The Morgan fingerprint density at radius 3 is 2.43 bits per heavy atom. The molecule has 1 aromatic carbocycles. The number of esters is 1. The average molecular weight is 452 g/mol. The van der Waals surface area contributed by atoms with Crippen LogP contribution in [0.2, 0.25) is 0 Å². The summed E-state index contributed by atoms with van der Waals surface area (Å²) in [5.41, 5.74) is 1.50. The predicted molar refractivity (Wildman–Crippen MR) is 89.2 cm³/mol. The van der Waals surface area contributed by atoms with Crippen molar-refractivity contribution in [2.75, 3.05) is 6.61 Å². The molecular formula is C18H15K2O7P. The van der Waals surface area contributed by atoms with Gasteiger partial charge in [-0.25, -0.2) is 0 Å². The molecule has 0 saturated heterocycles. The van der Waals surface area contributed by atoms with Crippen LogP contribution in [0.15, 0.2) is 65.7 Å². The minimum atomic E-state index is -5.27. The van der Waals surface area contributed by atoms with Crippen molar-refractivity contribution in [3.8, 4) is 5.75 Å². The molecule has 28 heavy (non-hydrogen) atoms. The van der Waals surface area contributed by atoms with Crippen LogP contribution >= 0.6 is 7.82 Å². The van der Waals surface area contributed by atoms with Crippen molar-refractivity contribution < 1.29 is 136 Å². The normalized spacial score (nSPS) is 17.6. The third-order valence-corrected chi connectivity index (χ3v) is 3.99. The van der Waals surface area contributed by atoms with Gasteiger partial charge in [0.05, 0.1) is 6.42 Å².